The largest absolute Gasteiger partial charge is 0.459 e. The summed E-state index contributed by atoms with van der Waals surface area (Å²) in [7, 11) is 0. The molecule has 4 rings (SSSR count). The maximum Gasteiger partial charge on any atom is 0.290 e. The van der Waals surface area contributed by atoms with Gasteiger partial charge in [-0.25, -0.2) is 0 Å². The van der Waals surface area contributed by atoms with E-state index in [4.69, 9.17) is 4.42 Å². The normalized spacial score (nSPS) is 19.5. The standard InChI is InChI=1S/C22H25N3O4/c1-16-6-8-17(9-7-16)20(26)23-11-13-24(14-12-23)21(27)18-4-2-10-25(18)22(28)19-5-3-15-29-19/h3,5-9,15,18H,2,4,10-14H2,1H3/t18-/m0/s1. The highest BCUT2D eigenvalue weighted by atomic mass is 16.3. The molecule has 3 heterocycles. The van der Waals surface area contributed by atoms with Crippen LogP contribution in [0.2, 0.25) is 0 Å². The van der Waals surface area contributed by atoms with E-state index in [1.165, 1.54) is 6.26 Å². The van der Waals surface area contributed by atoms with Crippen LogP contribution in [0.4, 0.5) is 0 Å². The molecule has 2 saturated heterocycles. The van der Waals surface area contributed by atoms with Crippen molar-refractivity contribution in [2.45, 2.75) is 25.8 Å². The molecule has 2 aromatic rings. The molecule has 0 bridgehead atoms. The van der Waals surface area contributed by atoms with Crippen molar-refractivity contribution >= 4 is 17.7 Å². The van der Waals surface area contributed by atoms with E-state index in [1.54, 1.807) is 26.8 Å². The summed E-state index contributed by atoms with van der Waals surface area (Å²) < 4.78 is 5.21. The molecule has 0 saturated carbocycles. The number of nitrogens with zero attached hydrogens (tertiary/aromatic N) is 3. The van der Waals surface area contributed by atoms with Crippen LogP contribution in [-0.4, -0.2) is 71.2 Å². The van der Waals surface area contributed by atoms with Crippen LogP contribution >= 0.6 is 0 Å². The predicted octanol–water partition coefficient (Wildman–Crippen LogP) is 2.18. The van der Waals surface area contributed by atoms with Crippen molar-refractivity contribution in [3.8, 4) is 0 Å². The topological polar surface area (TPSA) is 74.1 Å². The second-order valence-corrected chi connectivity index (χ2v) is 7.62. The number of benzene rings is 1. The molecular formula is C22H25N3O4. The van der Waals surface area contributed by atoms with Crippen LogP contribution in [0.25, 0.3) is 0 Å². The third-order valence-electron chi connectivity index (χ3n) is 5.71. The van der Waals surface area contributed by atoms with Gasteiger partial charge in [-0.15, -0.1) is 0 Å². The van der Waals surface area contributed by atoms with Crippen LogP contribution in [0.15, 0.2) is 47.1 Å². The van der Waals surface area contributed by atoms with Gasteiger partial charge in [-0.05, 0) is 44.0 Å². The monoisotopic (exact) mass is 395 g/mol. The average molecular weight is 395 g/mol. The maximum atomic E-state index is 13.1. The molecular weight excluding hydrogens is 370 g/mol. The molecule has 7 nitrogen and oxygen atoms in total. The molecule has 0 spiro atoms. The van der Waals surface area contributed by atoms with Crippen molar-refractivity contribution < 1.29 is 18.8 Å². The highest BCUT2D eigenvalue weighted by Gasteiger charge is 2.38. The van der Waals surface area contributed by atoms with E-state index in [1.807, 2.05) is 31.2 Å². The van der Waals surface area contributed by atoms with Gasteiger partial charge in [-0.2, -0.15) is 0 Å². The van der Waals surface area contributed by atoms with Crippen molar-refractivity contribution in [1.29, 1.82) is 0 Å². The Kier molecular flexibility index (Phi) is 5.38. The molecule has 0 aliphatic carbocycles. The summed E-state index contributed by atoms with van der Waals surface area (Å²) in [5.41, 5.74) is 1.78. The van der Waals surface area contributed by atoms with Crippen LogP contribution in [0, 0.1) is 6.92 Å². The molecule has 0 N–H and O–H groups in total. The van der Waals surface area contributed by atoms with Crippen molar-refractivity contribution in [3.63, 3.8) is 0 Å². The summed E-state index contributed by atoms with van der Waals surface area (Å²) >= 11 is 0. The van der Waals surface area contributed by atoms with E-state index in [-0.39, 0.29) is 23.5 Å². The lowest BCUT2D eigenvalue weighted by atomic mass is 10.1. The van der Waals surface area contributed by atoms with Crippen molar-refractivity contribution in [1.82, 2.24) is 14.7 Å². The van der Waals surface area contributed by atoms with Gasteiger partial charge in [-0.1, -0.05) is 17.7 Å². The molecule has 29 heavy (non-hydrogen) atoms. The summed E-state index contributed by atoms with van der Waals surface area (Å²) in [6.45, 7) is 4.50. The molecule has 2 aliphatic heterocycles. The van der Waals surface area contributed by atoms with E-state index < -0.39 is 6.04 Å². The SMILES string of the molecule is Cc1ccc(C(=O)N2CCN(C(=O)[C@@H]3CCCN3C(=O)c3ccco3)CC2)cc1. The van der Waals surface area contributed by atoms with Crippen LogP contribution in [0.1, 0.15) is 39.3 Å². The molecule has 3 amide bonds. The lowest BCUT2D eigenvalue weighted by Crippen LogP contribution is -2.55. The average Bonchev–Trinajstić information content (AvgIpc) is 3.45. The van der Waals surface area contributed by atoms with Gasteiger partial charge >= 0.3 is 0 Å². The van der Waals surface area contributed by atoms with Crippen molar-refractivity contribution in [2.24, 2.45) is 0 Å². The quantitative estimate of drug-likeness (QED) is 0.798. The molecule has 1 aromatic carbocycles. The Morgan fingerprint density at radius 2 is 1.59 bits per heavy atom. The van der Waals surface area contributed by atoms with Gasteiger partial charge in [0.15, 0.2) is 5.76 Å². The summed E-state index contributed by atoms with van der Waals surface area (Å²) in [6.07, 6.45) is 2.92. The molecule has 7 heteroatoms. The maximum absolute atomic E-state index is 13.1. The molecule has 0 radical (unpaired) electrons. The van der Waals surface area contributed by atoms with Gasteiger partial charge in [0.1, 0.15) is 6.04 Å². The molecule has 1 aromatic heterocycles. The highest BCUT2D eigenvalue weighted by Crippen LogP contribution is 2.23. The third-order valence-corrected chi connectivity index (χ3v) is 5.71. The predicted molar refractivity (Wildman–Crippen MR) is 106 cm³/mol. The Hall–Kier alpha value is -3.09. The van der Waals surface area contributed by atoms with E-state index in [0.29, 0.717) is 44.7 Å². The van der Waals surface area contributed by atoms with Gasteiger partial charge < -0.3 is 19.1 Å². The zero-order valence-corrected chi connectivity index (χ0v) is 16.5. The number of hydrogen-bond donors (Lipinski definition) is 0. The molecule has 1 atom stereocenters. The smallest absolute Gasteiger partial charge is 0.290 e. The summed E-state index contributed by atoms with van der Waals surface area (Å²) in [5.74, 6) is -0.0188. The van der Waals surface area contributed by atoms with E-state index >= 15 is 0 Å². The minimum atomic E-state index is -0.452. The molecule has 2 aliphatic rings. The number of carbonyl (C=O) groups is 3. The zero-order chi connectivity index (χ0) is 20.4. The lowest BCUT2D eigenvalue weighted by molar-refractivity contribution is -0.136. The number of carbonyl (C=O) groups excluding carboxylic acids is 3. The second kappa shape index (κ2) is 8.11. The number of amides is 3. The van der Waals surface area contributed by atoms with Crippen LogP contribution in [0.3, 0.4) is 0 Å². The van der Waals surface area contributed by atoms with Crippen molar-refractivity contribution in [3.05, 3.63) is 59.5 Å². The Morgan fingerprint density at radius 3 is 2.24 bits per heavy atom. The molecule has 0 unspecified atom stereocenters. The Balaban J connectivity index is 1.36. The van der Waals surface area contributed by atoms with Gasteiger partial charge in [0.25, 0.3) is 11.8 Å². The number of piperazine rings is 1. The number of furan rings is 1. The third kappa shape index (κ3) is 3.90. The molecule has 152 valence electrons. The Bertz CT molecular complexity index is 883. The highest BCUT2D eigenvalue weighted by molar-refractivity contribution is 5.96. The number of likely N-dealkylation sites (tertiary alicyclic amines) is 1. The molecule has 2 fully saturated rings. The van der Waals surface area contributed by atoms with Gasteiger partial charge in [0.05, 0.1) is 6.26 Å². The zero-order valence-electron chi connectivity index (χ0n) is 16.5. The first kappa shape index (κ1) is 19.2. The van der Waals surface area contributed by atoms with Gasteiger partial charge in [0, 0.05) is 38.3 Å². The first-order valence-corrected chi connectivity index (χ1v) is 10.0. The first-order chi connectivity index (χ1) is 14.0. The fourth-order valence-corrected chi connectivity index (χ4v) is 4.03. The van der Waals surface area contributed by atoms with Crippen LogP contribution < -0.4 is 0 Å². The van der Waals surface area contributed by atoms with Crippen molar-refractivity contribution in [2.75, 3.05) is 32.7 Å². The Labute approximate surface area is 169 Å². The second-order valence-electron chi connectivity index (χ2n) is 7.62. The Morgan fingerprint density at radius 1 is 0.897 bits per heavy atom. The first-order valence-electron chi connectivity index (χ1n) is 10.0. The summed E-state index contributed by atoms with van der Waals surface area (Å²) in [4.78, 5) is 43.6. The minimum absolute atomic E-state index is 0.00686. The fourth-order valence-electron chi connectivity index (χ4n) is 4.03. The van der Waals surface area contributed by atoms with E-state index in [0.717, 1.165) is 12.0 Å². The van der Waals surface area contributed by atoms with E-state index in [2.05, 4.69) is 0 Å². The van der Waals surface area contributed by atoms with Crippen LogP contribution in [0.5, 0.6) is 0 Å². The number of rotatable bonds is 3. The number of hydrogen-bond acceptors (Lipinski definition) is 4. The van der Waals surface area contributed by atoms with E-state index in [9.17, 15) is 14.4 Å². The fraction of sp³-hybridized carbons (Fsp3) is 0.409. The number of aryl methyl sites for hydroxylation is 1. The summed E-state index contributed by atoms with van der Waals surface area (Å²) in [6, 6.07) is 10.4. The van der Waals surface area contributed by atoms with Crippen LogP contribution in [-0.2, 0) is 4.79 Å². The van der Waals surface area contributed by atoms with Gasteiger partial charge in [0.2, 0.25) is 5.91 Å². The summed E-state index contributed by atoms with van der Waals surface area (Å²) in [5, 5.41) is 0. The lowest BCUT2D eigenvalue weighted by Gasteiger charge is -2.37. The van der Waals surface area contributed by atoms with Gasteiger partial charge in [-0.3, -0.25) is 14.4 Å². The minimum Gasteiger partial charge on any atom is -0.459 e.